The van der Waals surface area contributed by atoms with Crippen LogP contribution >= 0.6 is 15.9 Å². The molecule has 0 aliphatic carbocycles. The second-order valence-electron chi connectivity index (χ2n) is 10.4. The van der Waals surface area contributed by atoms with Gasteiger partial charge in [-0.15, -0.1) is 0 Å². The van der Waals surface area contributed by atoms with Crippen molar-refractivity contribution in [3.63, 3.8) is 0 Å². The van der Waals surface area contributed by atoms with E-state index in [1.165, 1.54) is 6.08 Å². The number of fused-ring (bicyclic) bond motifs is 8. The number of allylic oxidation sites excluding steroid dienone is 3. The van der Waals surface area contributed by atoms with E-state index in [0.717, 1.165) is 77.1 Å². The van der Waals surface area contributed by atoms with Gasteiger partial charge in [-0.2, -0.15) is 10.5 Å². The number of benzene rings is 2. The van der Waals surface area contributed by atoms with E-state index in [9.17, 15) is 10.5 Å². The molecule has 0 saturated carbocycles. The fourth-order valence-corrected chi connectivity index (χ4v) is 5.98. The Kier molecular flexibility index (Phi) is 7.37. The molecular formula is C38H23BrN6. The number of hydrogen-bond donors (Lipinski definition) is 2. The molecule has 8 bridgehead atoms. The number of nitrogens with zero attached hydrogens (tertiary/aromatic N) is 4. The fourth-order valence-electron chi connectivity index (χ4n) is 5.53. The van der Waals surface area contributed by atoms with Crippen LogP contribution in [0.25, 0.3) is 74.7 Å². The van der Waals surface area contributed by atoms with E-state index in [-0.39, 0.29) is 5.57 Å². The van der Waals surface area contributed by atoms with Gasteiger partial charge in [0.1, 0.15) is 17.7 Å². The highest BCUT2D eigenvalue weighted by Gasteiger charge is 2.16. The predicted molar refractivity (Wildman–Crippen MR) is 186 cm³/mol. The lowest BCUT2D eigenvalue weighted by molar-refractivity contribution is 1.30. The van der Waals surface area contributed by atoms with Crippen molar-refractivity contribution in [2.75, 3.05) is 0 Å². The minimum Gasteiger partial charge on any atom is -0.354 e. The summed E-state index contributed by atoms with van der Waals surface area (Å²) in [4.78, 5) is 17.4. The number of nitriles is 2. The zero-order valence-corrected chi connectivity index (χ0v) is 25.4. The fraction of sp³-hybridized carbons (Fsp3) is 0. The Morgan fingerprint density at radius 2 is 1.09 bits per heavy atom. The maximum atomic E-state index is 9.27. The van der Waals surface area contributed by atoms with Gasteiger partial charge >= 0.3 is 0 Å². The third kappa shape index (κ3) is 5.34. The molecule has 0 unspecified atom stereocenters. The Labute approximate surface area is 267 Å². The molecule has 3 aromatic heterocycles. The maximum absolute atomic E-state index is 9.27. The lowest BCUT2D eigenvalue weighted by Crippen LogP contribution is -1.88. The number of halogens is 1. The molecule has 7 rings (SSSR count). The minimum absolute atomic E-state index is 0.0198. The molecule has 6 nitrogen and oxygen atoms in total. The Hall–Kier alpha value is -6.02. The highest BCUT2D eigenvalue weighted by Crippen LogP contribution is 2.35. The van der Waals surface area contributed by atoms with Crippen LogP contribution in [0.15, 0.2) is 107 Å². The molecule has 2 N–H and O–H groups in total. The van der Waals surface area contributed by atoms with Crippen LogP contribution in [-0.2, 0) is 0 Å². The van der Waals surface area contributed by atoms with Gasteiger partial charge in [-0.1, -0.05) is 72.8 Å². The van der Waals surface area contributed by atoms with Crippen LogP contribution in [0.4, 0.5) is 0 Å². The van der Waals surface area contributed by atoms with Crippen LogP contribution in [-0.4, -0.2) is 19.9 Å². The molecule has 0 amide bonds. The van der Waals surface area contributed by atoms with Crippen LogP contribution in [0.3, 0.4) is 0 Å². The largest absolute Gasteiger partial charge is 0.354 e. The Morgan fingerprint density at radius 3 is 1.69 bits per heavy atom. The minimum atomic E-state index is 0.0198. The van der Waals surface area contributed by atoms with E-state index >= 15 is 0 Å². The molecule has 212 valence electrons. The second-order valence-corrected chi connectivity index (χ2v) is 11.2. The Bertz CT molecular complexity index is 2290. The van der Waals surface area contributed by atoms with E-state index in [1.54, 1.807) is 6.08 Å². The first-order valence-corrected chi connectivity index (χ1v) is 15.0. The highest BCUT2D eigenvalue weighted by molar-refractivity contribution is 9.10. The van der Waals surface area contributed by atoms with Crippen LogP contribution in [0, 0.1) is 22.7 Å². The van der Waals surface area contributed by atoms with E-state index in [0.29, 0.717) is 0 Å². The van der Waals surface area contributed by atoms with E-state index in [4.69, 9.17) is 9.97 Å². The molecule has 0 atom stereocenters. The first kappa shape index (κ1) is 27.8. The standard InChI is InChI=1S/C38H23BrN6/c39-38-34-20-18-32(44-34)36(25-9-3-1-4-10-25)30-16-14-28(42-30)27(13-7-8-24(22-40)23-41)29-15-17-31(43-29)37(26-11-5-2-6-12-26)33-19-21-35(38)45-33/h1-21,42,45H/b13-7+,28-27?,29-27?,36-30?,36-32?,37-31?,37-33?,38-34?,38-35?. The van der Waals surface area contributed by atoms with Crippen LogP contribution in [0.2, 0.25) is 0 Å². The first-order chi connectivity index (χ1) is 22.1. The number of aromatic nitrogens is 4. The Morgan fingerprint density at radius 1 is 0.600 bits per heavy atom. The maximum Gasteiger partial charge on any atom is 0.129 e. The summed E-state index contributed by atoms with van der Waals surface area (Å²) >= 11 is 3.83. The summed E-state index contributed by atoms with van der Waals surface area (Å²) in [5, 5.41) is 18.5. The highest BCUT2D eigenvalue weighted by atomic mass is 79.9. The molecular weight excluding hydrogens is 620 g/mol. The van der Waals surface area contributed by atoms with E-state index in [1.807, 2.05) is 97.1 Å². The summed E-state index contributed by atoms with van der Waals surface area (Å²) in [7, 11) is 0. The molecule has 0 spiro atoms. The molecule has 45 heavy (non-hydrogen) atoms. The summed E-state index contributed by atoms with van der Waals surface area (Å²) in [6.07, 6.45) is 13.2. The molecule has 5 aromatic rings. The summed E-state index contributed by atoms with van der Waals surface area (Å²) in [5.41, 5.74) is 11.5. The summed E-state index contributed by atoms with van der Waals surface area (Å²) < 4.78 is 0.859. The van der Waals surface area contributed by atoms with Gasteiger partial charge in [-0.05, 0) is 81.7 Å². The van der Waals surface area contributed by atoms with Gasteiger partial charge in [0.15, 0.2) is 0 Å². The second kappa shape index (κ2) is 11.9. The summed E-state index contributed by atoms with van der Waals surface area (Å²) in [5.74, 6) is 0. The SMILES string of the molecule is N#CC(C#N)=C/C=C/c1c2nc(c(-c3ccccc3)c3ccc([nH]3)c(Br)c3nc(c(-c4ccccc4)c4ccc1[nH]4)C=C3)C=C2. The molecule has 0 saturated heterocycles. The van der Waals surface area contributed by atoms with Crippen molar-refractivity contribution in [1.82, 2.24) is 19.9 Å². The van der Waals surface area contributed by atoms with Crippen molar-refractivity contribution < 1.29 is 0 Å². The van der Waals surface area contributed by atoms with Gasteiger partial charge in [-0.25, -0.2) is 9.97 Å². The zero-order valence-electron chi connectivity index (χ0n) is 23.8. The smallest absolute Gasteiger partial charge is 0.129 e. The third-order valence-electron chi connectivity index (χ3n) is 7.62. The van der Waals surface area contributed by atoms with Gasteiger partial charge in [0.25, 0.3) is 0 Å². The lowest BCUT2D eigenvalue weighted by Gasteiger charge is -2.04. The number of H-pyrrole nitrogens is 2. The third-order valence-corrected chi connectivity index (χ3v) is 8.46. The number of rotatable bonds is 4. The molecule has 7 heteroatoms. The molecule has 2 aliphatic heterocycles. The van der Waals surface area contributed by atoms with E-state index in [2.05, 4.69) is 56.2 Å². The van der Waals surface area contributed by atoms with Crippen molar-refractivity contribution in [3.05, 3.63) is 135 Å². The molecule has 2 aliphatic rings. The average molecular weight is 644 g/mol. The monoisotopic (exact) mass is 642 g/mol. The average Bonchev–Trinajstić information content (AvgIpc) is 3.91. The zero-order chi connectivity index (χ0) is 30.8. The van der Waals surface area contributed by atoms with Crippen molar-refractivity contribution in [3.8, 4) is 34.4 Å². The van der Waals surface area contributed by atoms with Crippen LogP contribution < -0.4 is 0 Å². The van der Waals surface area contributed by atoms with Gasteiger partial charge in [0.05, 0.1) is 32.8 Å². The topological polar surface area (TPSA) is 105 Å². The van der Waals surface area contributed by atoms with Crippen LogP contribution in [0.5, 0.6) is 0 Å². The quantitative estimate of drug-likeness (QED) is 0.147. The van der Waals surface area contributed by atoms with Crippen molar-refractivity contribution in [2.45, 2.75) is 0 Å². The van der Waals surface area contributed by atoms with Crippen molar-refractivity contribution in [2.24, 2.45) is 0 Å². The normalized spacial score (nSPS) is 11.8. The van der Waals surface area contributed by atoms with Gasteiger partial charge in [0, 0.05) is 33.2 Å². The van der Waals surface area contributed by atoms with Crippen molar-refractivity contribution >= 4 is 68.4 Å². The van der Waals surface area contributed by atoms with Gasteiger partial charge in [0.2, 0.25) is 0 Å². The van der Waals surface area contributed by atoms with Gasteiger partial charge < -0.3 is 9.97 Å². The lowest BCUT2D eigenvalue weighted by atomic mass is 10.0. The predicted octanol–water partition coefficient (Wildman–Crippen LogP) is 9.74. The number of hydrogen-bond acceptors (Lipinski definition) is 4. The summed E-state index contributed by atoms with van der Waals surface area (Å²) in [6, 6.07) is 32.4. The number of nitrogens with one attached hydrogen (secondary N) is 2. The molecule has 5 heterocycles. The molecule has 0 radical (unpaired) electrons. The van der Waals surface area contributed by atoms with Crippen LogP contribution in [0.1, 0.15) is 28.3 Å². The molecule has 2 aromatic carbocycles. The molecule has 0 fully saturated rings. The summed E-state index contributed by atoms with van der Waals surface area (Å²) in [6.45, 7) is 0. The number of aromatic amines is 2. The van der Waals surface area contributed by atoms with E-state index < -0.39 is 0 Å². The Balaban J connectivity index is 1.63. The first-order valence-electron chi connectivity index (χ1n) is 14.2. The van der Waals surface area contributed by atoms with Crippen molar-refractivity contribution in [1.29, 1.82) is 10.5 Å². The van der Waals surface area contributed by atoms with Gasteiger partial charge in [-0.3, -0.25) is 0 Å².